The molecule has 0 aliphatic heterocycles. The van der Waals surface area contributed by atoms with Crippen molar-refractivity contribution in [2.45, 2.75) is 6.54 Å². The number of rotatable bonds is 2. The molecule has 0 unspecified atom stereocenters. The molecule has 3 N–H and O–H groups in total. The number of hydrogen-bond acceptors (Lipinski definition) is 3. The smallest absolute Gasteiger partial charge is 0.330 e. The Morgan fingerprint density at radius 1 is 1.29 bits per heavy atom. The number of nitrogens with one attached hydrogen (secondary N) is 1. The van der Waals surface area contributed by atoms with Crippen molar-refractivity contribution in [3.8, 4) is 0 Å². The Hall–Kier alpha value is -2.01. The van der Waals surface area contributed by atoms with Crippen molar-refractivity contribution in [3.05, 3.63) is 61.8 Å². The first kappa shape index (κ1) is 11.5. The first-order chi connectivity index (χ1) is 8.06. The van der Waals surface area contributed by atoms with Crippen molar-refractivity contribution in [3.63, 3.8) is 0 Å². The standard InChI is InChI=1S/C11H10ClN3O2/c12-8-3-1-2-7(4-8)6-15-9(13)5-10(16)14-11(15)17/h1-5H,6,13H2,(H,14,16,17). The molecular weight excluding hydrogens is 242 g/mol. The minimum atomic E-state index is -0.532. The van der Waals surface area contributed by atoms with Gasteiger partial charge in [0.05, 0.1) is 6.54 Å². The molecule has 17 heavy (non-hydrogen) atoms. The molecule has 1 aromatic carbocycles. The Bertz CT molecular complexity index is 660. The van der Waals surface area contributed by atoms with Crippen molar-refractivity contribution < 1.29 is 0 Å². The lowest BCUT2D eigenvalue weighted by Gasteiger charge is -2.08. The molecule has 0 radical (unpaired) electrons. The van der Waals surface area contributed by atoms with Crippen molar-refractivity contribution >= 4 is 17.4 Å². The molecule has 0 spiro atoms. The van der Waals surface area contributed by atoms with E-state index in [-0.39, 0.29) is 12.4 Å². The van der Waals surface area contributed by atoms with Crippen LogP contribution in [-0.2, 0) is 6.54 Å². The fourth-order valence-electron chi connectivity index (χ4n) is 1.52. The largest absolute Gasteiger partial charge is 0.385 e. The van der Waals surface area contributed by atoms with Gasteiger partial charge in [-0.3, -0.25) is 14.3 Å². The summed E-state index contributed by atoms with van der Waals surface area (Å²) in [5, 5.41) is 0.582. The van der Waals surface area contributed by atoms with E-state index in [1.807, 2.05) is 6.07 Å². The van der Waals surface area contributed by atoms with Crippen LogP contribution in [0.3, 0.4) is 0 Å². The Balaban J connectivity index is 2.43. The molecule has 0 saturated heterocycles. The van der Waals surface area contributed by atoms with E-state index in [1.165, 1.54) is 10.6 Å². The van der Waals surface area contributed by atoms with Crippen molar-refractivity contribution in [2.24, 2.45) is 0 Å². The zero-order chi connectivity index (χ0) is 12.4. The highest BCUT2D eigenvalue weighted by molar-refractivity contribution is 6.30. The van der Waals surface area contributed by atoms with Gasteiger partial charge in [0.25, 0.3) is 5.56 Å². The lowest BCUT2D eigenvalue weighted by atomic mass is 10.2. The summed E-state index contributed by atoms with van der Waals surface area (Å²) < 4.78 is 1.27. The van der Waals surface area contributed by atoms with Gasteiger partial charge in [-0.15, -0.1) is 0 Å². The SMILES string of the molecule is Nc1cc(=O)[nH]c(=O)n1Cc1cccc(Cl)c1. The number of nitrogens with zero attached hydrogens (tertiary/aromatic N) is 1. The fourth-order valence-corrected chi connectivity index (χ4v) is 1.73. The molecule has 2 aromatic rings. The third kappa shape index (κ3) is 2.57. The topological polar surface area (TPSA) is 80.9 Å². The van der Waals surface area contributed by atoms with E-state index in [0.717, 1.165) is 5.56 Å². The van der Waals surface area contributed by atoms with Gasteiger partial charge in [-0.2, -0.15) is 0 Å². The van der Waals surface area contributed by atoms with Crippen LogP contribution in [0.4, 0.5) is 5.82 Å². The van der Waals surface area contributed by atoms with Crippen LogP contribution in [0.5, 0.6) is 0 Å². The van der Waals surface area contributed by atoms with Crippen LogP contribution in [0.2, 0.25) is 5.02 Å². The van der Waals surface area contributed by atoms with Gasteiger partial charge >= 0.3 is 5.69 Å². The van der Waals surface area contributed by atoms with E-state index in [9.17, 15) is 9.59 Å². The first-order valence-corrected chi connectivity index (χ1v) is 5.28. The van der Waals surface area contributed by atoms with Gasteiger partial charge in [0, 0.05) is 11.1 Å². The maximum absolute atomic E-state index is 11.5. The zero-order valence-electron chi connectivity index (χ0n) is 8.81. The number of nitrogen functional groups attached to an aromatic ring is 1. The Kier molecular flexibility index (Phi) is 3.01. The lowest BCUT2D eigenvalue weighted by molar-refractivity contribution is 0.733. The normalized spacial score (nSPS) is 10.4. The van der Waals surface area contributed by atoms with Crippen molar-refractivity contribution in [1.82, 2.24) is 9.55 Å². The average Bonchev–Trinajstić information content (AvgIpc) is 2.23. The van der Waals surface area contributed by atoms with Crippen LogP contribution in [0, 0.1) is 0 Å². The van der Waals surface area contributed by atoms with Gasteiger partial charge in [0.1, 0.15) is 5.82 Å². The quantitative estimate of drug-likeness (QED) is 0.829. The second-order valence-electron chi connectivity index (χ2n) is 3.58. The third-order valence-electron chi connectivity index (χ3n) is 2.30. The van der Waals surface area contributed by atoms with E-state index in [0.29, 0.717) is 5.02 Å². The number of aromatic nitrogens is 2. The summed E-state index contributed by atoms with van der Waals surface area (Å²) in [4.78, 5) is 24.7. The Labute approximate surface area is 101 Å². The zero-order valence-corrected chi connectivity index (χ0v) is 9.57. The minimum absolute atomic E-state index is 0.124. The maximum Gasteiger partial charge on any atom is 0.330 e. The summed E-state index contributed by atoms with van der Waals surface area (Å²) in [5.41, 5.74) is 5.41. The molecule has 0 fully saturated rings. The number of hydrogen-bond donors (Lipinski definition) is 2. The molecule has 0 amide bonds. The number of benzene rings is 1. The summed E-state index contributed by atoms with van der Waals surface area (Å²) in [6, 6.07) is 8.25. The van der Waals surface area contributed by atoms with E-state index in [2.05, 4.69) is 4.98 Å². The number of nitrogens with two attached hydrogens (primary N) is 1. The molecule has 2 rings (SSSR count). The Morgan fingerprint density at radius 3 is 2.71 bits per heavy atom. The molecule has 6 heteroatoms. The highest BCUT2D eigenvalue weighted by Gasteiger charge is 2.04. The summed E-state index contributed by atoms with van der Waals surface area (Å²) in [7, 11) is 0. The lowest BCUT2D eigenvalue weighted by Crippen LogP contribution is -2.31. The van der Waals surface area contributed by atoms with E-state index >= 15 is 0 Å². The van der Waals surface area contributed by atoms with Crippen molar-refractivity contribution in [2.75, 3.05) is 5.73 Å². The van der Waals surface area contributed by atoms with E-state index < -0.39 is 11.2 Å². The van der Waals surface area contributed by atoms with E-state index in [4.69, 9.17) is 17.3 Å². The summed E-state index contributed by atoms with van der Waals surface area (Å²) >= 11 is 5.84. The van der Waals surface area contributed by atoms with Crippen LogP contribution in [0.25, 0.3) is 0 Å². The van der Waals surface area contributed by atoms with Crippen LogP contribution in [0.1, 0.15) is 5.56 Å². The molecule has 1 aromatic heterocycles. The van der Waals surface area contributed by atoms with Crippen LogP contribution < -0.4 is 17.0 Å². The highest BCUT2D eigenvalue weighted by Crippen LogP contribution is 2.11. The second kappa shape index (κ2) is 4.47. The molecule has 88 valence electrons. The molecule has 5 nitrogen and oxygen atoms in total. The van der Waals surface area contributed by atoms with Gasteiger partial charge in [-0.1, -0.05) is 23.7 Å². The number of anilines is 1. The second-order valence-corrected chi connectivity index (χ2v) is 4.02. The number of H-pyrrole nitrogens is 1. The third-order valence-corrected chi connectivity index (χ3v) is 2.53. The maximum atomic E-state index is 11.5. The minimum Gasteiger partial charge on any atom is -0.385 e. The number of halogens is 1. The molecule has 0 saturated carbocycles. The van der Waals surface area contributed by atoms with Gasteiger partial charge in [-0.05, 0) is 17.7 Å². The summed E-state index contributed by atoms with van der Waals surface area (Å²) in [6.45, 7) is 0.266. The molecule has 0 atom stereocenters. The van der Waals surface area contributed by atoms with Crippen molar-refractivity contribution in [1.29, 1.82) is 0 Å². The predicted octanol–water partition coefficient (Wildman–Crippen LogP) is 0.820. The summed E-state index contributed by atoms with van der Waals surface area (Å²) in [5.74, 6) is 0.124. The van der Waals surface area contributed by atoms with Crippen LogP contribution in [-0.4, -0.2) is 9.55 Å². The van der Waals surface area contributed by atoms with Gasteiger partial charge < -0.3 is 5.73 Å². The van der Waals surface area contributed by atoms with E-state index in [1.54, 1.807) is 18.2 Å². The average molecular weight is 252 g/mol. The van der Waals surface area contributed by atoms with Crippen LogP contribution >= 0.6 is 11.6 Å². The molecule has 1 heterocycles. The Morgan fingerprint density at radius 2 is 2.06 bits per heavy atom. The first-order valence-electron chi connectivity index (χ1n) is 4.90. The van der Waals surface area contributed by atoms with Gasteiger partial charge in [-0.25, -0.2) is 4.79 Å². The monoisotopic (exact) mass is 251 g/mol. The highest BCUT2D eigenvalue weighted by atomic mass is 35.5. The van der Waals surface area contributed by atoms with Gasteiger partial charge in [0.2, 0.25) is 0 Å². The van der Waals surface area contributed by atoms with Gasteiger partial charge in [0.15, 0.2) is 0 Å². The number of aromatic amines is 1. The molecular formula is C11H10ClN3O2. The summed E-state index contributed by atoms with van der Waals surface area (Å²) in [6.07, 6.45) is 0. The molecule has 0 bridgehead atoms. The van der Waals surface area contributed by atoms with Crippen LogP contribution in [0.15, 0.2) is 39.9 Å². The fraction of sp³-hybridized carbons (Fsp3) is 0.0909. The predicted molar refractivity (Wildman–Crippen MR) is 66.3 cm³/mol. The molecule has 0 aliphatic rings. The molecule has 0 aliphatic carbocycles.